The van der Waals surface area contributed by atoms with Crippen molar-refractivity contribution in [3.05, 3.63) is 125 Å². The lowest BCUT2D eigenvalue weighted by Crippen LogP contribution is -2.29. The number of nitrogens with zero attached hydrogens (tertiary/aromatic N) is 2. The molecule has 1 amide bonds. The van der Waals surface area contributed by atoms with Crippen LogP contribution in [0.3, 0.4) is 0 Å². The van der Waals surface area contributed by atoms with Crippen LogP contribution >= 0.6 is 0 Å². The first-order valence-electron chi connectivity index (χ1n) is 13.7. The van der Waals surface area contributed by atoms with Crippen LogP contribution in [0, 0.1) is 0 Å². The highest BCUT2D eigenvalue weighted by atomic mass is 16.5. The van der Waals surface area contributed by atoms with E-state index in [4.69, 9.17) is 14.2 Å². The summed E-state index contributed by atoms with van der Waals surface area (Å²) in [7, 11) is 1.54. The van der Waals surface area contributed by atoms with Crippen LogP contribution in [0.5, 0.6) is 17.2 Å². The molecule has 0 spiro atoms. The van der Waals surface area contributed by atoms with Gasteiger partial charge in [0.2, 0.25) is 0 Å². The molecular formula is C34H30N2O6. The number of benzene rings is 3. The predicted octanol–water partition coefficient (Wildman–Crippen LogP) is 5.61. The van der Waals surface area contributed by atoms with Gasteiger partial charge in [-0.15, -0.1) is 0 Å². The van der Waals surface area contributed by atoms with E-state index in [-0.39, 0.29) is 24.0 Å². The second kappa shape index (κ2) is 11.4. The fraction of sp³-hybridized carbons (Fsp3) is 0.206. The third-order valence-electron chi connectivity index (χ3n) is 7.55. The van der Waals surface area contributed by atoms with Gasteiger partial charge in [0.1, 0.15) is 24.2 Å². The second-order valence-corrected chi connectivity index (χ2v) is 10.4. The van der Waals surface area contributed by atoms with Crippen molar-refractivity contribution in [2.24, 2.45) is 0 Å². The number of ketones is 1. The Hall–Kier alpha value is -5.11. The lowest BCUT2D eigenvalue weighted by molar-refractivity contribution is -0.140. The largest absolute Gasteiger partial charge is 0.507 e. The number of carbonyl (C=O) groups excluding carboxylic acids is 2. The van der Waals surface area contributed by atoms with E-state index < -0.39 is 17.7 Å². The first-order valence-corrected chi connectivity index (χ1v) is 13.7. The lowest BCUT2D eigenvalue weighted by atomic mass is 9.94. The first kappa shape index (κ1) is 27.1. The smallest absolute Gasteiger partial charge is 0.295 e. The highest BCUT2D eigenvalue weighted by Gasteiger charge is 2.46. The Balaban J connectivity index is 1.41. The van der Waals surface area contributed by atoms with E-state index in [0.717, 1.165) is 22.4 Å². The van der Waals surface area contributed by atoms with Crippen molar-refractivity contribution in [1.82, 2.24) is 9.88 Å². The summed E-state index contributed by atoms with van der Waals surface area (Å²) in [6, 6.07) is 23.1. The highest BCUT2D eigenvalue weighted by molar-refractivity contribution is 6.46. The van der Waals surface area contributed by atoms with Crippen LogP contribution in [0.2, 0.25) is 0 Å². The van der Waals surface area contributed by atoms with E-state index in [1.165, 1.54) is 12.0 Å². The number of fused-ring (bicyclic) bond motifs is 1. The number of aliphatic hydroxyl groups excluding tert-OH is 1. The quantitative estimate of drug-likeness (QED) is 0.169. The summed E-state index contributed by atoms with van der Waals surface area (Å²) in [6.07, 6.45) is 3.99. The maximum absolute atomic E-state index is 13.6. The number of aliphatic hydroxyl groups is 1. The van der Waals surface area contributed by atoms with E-state index >= 15 is 0 Å². The molecule has 0 aliphatic carbocycles. The third kappa shape index (κ3) is 5.19. The molecule has 1 saturated heterocycles. The van der Waals surface area contributed by atoms with Crippen molar-refractivity contribution in [2.45, 2.75) is 38.6 Å². The van der Waals surface area contributed by atoms with Crippen molar-refractivity contribution in [2.75, 3.05) is 7.11 Å². The molecule has 6 rings (SSSR count). The van der Waals surface area contributed by atoms with Gasteiger partial charge in [-0.2, -0.15) is 0 Å². The van der Waals surface area contributed by atoms with Gasteiger partial charge in [-0.25, -0.2) is 0 Å². The SMILES string of the molecule is COc1cc([C@H]2C(=C(O)c3ccc4c(c3)C[C@@H](C)O4)C(=O)C(=O)N2Cc2ccncc2)ccc1OCc1ccccc1. The first-order chi connectivity index (χ1) is 20.4. The van der Waals surface area contributed by atoms with Crippen LogP contribution in [-0.4, -0.2) is 39.9 Å². The molecule has 2 aliphatic rings. The summed E-state index contributed by atoms with van der Waals surface area (Å²) in [5.74, 6) is 0.0382. The standard InChI is InChI=1S/C34H30N2O6/c1-21-16-26-17-25(9-10-27(26)42-21)32(37)30-31(36(34(39)33(30)38)19-22-12-14-35-15-13-22)24-8-11-28(29(18-24)40-2)41-20-23-6-4-3-5-7-23/h3-15,17-18,21,31,37H,16,19-20H2,1-2H3/t21-,31+/m1/s1. The molecule has 1 fully saturated rings. The summed E-state index contributed by atoms with van der Waals surface area (Å²) < 4.78 is 17.5. The van der Waals surface area contributed by atoms with Gasteiger partial charge in [0, 0.05) is 30.9 Å². The van der Waals surface area contributed by atoms with Crippen molar-refractivity contribution >= 4 is 17.4 Å². The van der Waals surface area contributed by atoms with E-state index in [0.29, 0.717) is 35.7 Å². The van der Waals surface area contributed by atoms with Gasteiger partial charge in [-0.05, 0) is 71.6 Å². The third-order valence-corrected chi connectivity index (χ3v) is 7.55. The zero-order chi connectivity index (χ0) is 29.2. The summed E-state index contributed by atoms with van der Waals surface area (Å²) in [5.41, 5.74) is 3.82. The monoisotopic (exact) mass is 562 g/mol. The number of amides is 1. The Labute approximate surface area is 243 Å². The molecule has 212 valence electrons. The molecule has 0 radical (unpaired) electrons. The number of pyridine rings is 1. The van der Waals surface area contributed by atoms with E-state index in [2.05, 4.69) is 4.98 Å². The molecular weight excluding hydrogens is 532 g/mol. The van der Waals surface area contributed by atoms with E-state index in [9.17, 15) is 14.7 Å². The number of carbonyl (C=O) groups is 2. The maximum Gasteiger partial charge on any atom is 0.295 e. The minimum Gasteiger partial charge on any atom is -0.507 e. The minimum atomic E-state index is -0.862. The van der Waals surface area contributed by atoms with Crippen molar-refractivity contribution in [1.29, 1.82) is 0 Å². The molecule has 1 N–H and O–H groups in total. The molecule has 8 heteroatoms. The number of Topliss-reactive ketones (excluding diaryl/α,β-unsaturated/α-hetero) is 1. The lowest BCUT2D eigenvalue weighted by Gasteiger charge is -2.26. The summed E-state index contributed by atoms with van der Waals surface area (Å²) in [5, 5.41) is 11.6. The van der Waals surface area contributed by atoms with Gasteiger partial charge in [0.25, 0.3) is 11.7 Å². The molecule has 8 nitrogen and oxygen atoms in total. The zero-order valence-electron chi connectivity index (χ0n) is 23.3. The number of aromatic nitrogens is 1. The van der Waals surface area contributed by atoms with Gasteiger partial charge >= 0.3 is 0 Å². The molecule has 42 heavy (non-hydrogen) atoms. The maximum atomic E-state index is 13.6. The summed E-state index contributed by atoms with van der Waals surface area (Å²) in [4.78, 5) is 32.6. The zero-order valence-corrected chi connectivity index (χ0v) is 23.3. The molecule has 2 aliphatic heterocycles. The van der Waals surface area contributed by atoms with Crippen LogP contribution in [-0.2, 0) is 29.2 Å². The van der Waals surface area contributed by atoms with Crippen molar-refractivity contribution in [3.8, 4) is 17.2 Å². The Kier molecular flexibility index (Phi) is 7.35. The fourth-order valence-electron chi connectivity index (χ4n) is 5.51. The number of methoxy groups -OCH3 is 1. The predicted molar refractivity (Wildman–Crippen MR) is 156 cm³/mol. The Morgan fingerprint density at radius 3 is 2.52 bits per heavy atom. The van der Waals surface area contributed by atoms with Crippen LogP contribution in [0.1, 0.15) is 40.8 Å². The molecule has 0 unspecified atom stereocenters. The van der Waals surface area contributed by atoms with Crippen molar-refractivity contribution < 1.29 is 28.9 Å². The Morgan fingerprint density at radius 2 is 1.76 bits per heavy atom. The van der Waals surface area contributed by atoms with Crippen LogP contribution in [0.4, 0.5) is 0 Å². The van der Waals surface area contributed by atoms with Gasteiger partial charge in [-0.3, -0.25) is 14.6 Å². The van der Waals surface area contributed by atoms with E-state index in [1.54, 1.807) is 54.9 Å². The topological polar surface area (TPSA) is 98.2 Å². The van der Waals surface area contributed by atoms with Crippen molar-refractivity contribution in [3.63, 3.8) is 0 Å². The summed E-state index contributed by atoms with van der Waals surface area (Å²) >= 11 is 0. The van der Waals surface area contributed by atoms with Crippen LogP contribution < -0.4 is 14.2 Å². The number of hydrogen-bond donors (Lipinski definition) is 1. The fourth-order valence-corrected chi connectivity index (χ4v) is 5.51. The van der Waals surface area contributed by atoms with Crippen LogP contribution in [0.15, 0.2) is 96.8 Å². The number of rotatable bonds is 8. The average Bonchev–Trinajstić information content (AvgIpc) is 3.51. The number of likely N-dealkylation sites (tertiary alicyclic amines) is 1. The molecule has 2 atom stereocenters. The van der Waals surface area contributed by atoms with Crippen LogP contribution in [0.25, 0.3) is 5.76 Å². The average molecular weight is 563 g/mol. The highest BCUT2D eigenvalue weighted by Crippen LogP contribution is 2.43. The molecule has 0 bridgehead atoms. The number of hydrogen-bond acceptors (Lipinski definition) is 7. The second-order valence-electron chi connectivity index (χ2n) is 10.4. The van der Waals surface area contributed by atoms with Gasteiger partial charge in [-0.1, -0.05) is 36.4 Å². The Morgan fingerprint density at radius 1 is 0.976 bits per heavy atom. The number of ether oxygens (including phenoxy) is 3. The van der Waals surface area contributed by atoms with Gasteiger partial charge < -0.3 is 24.2 Å². The Bertz CT molecular complexity index is 1670. The van der Waals surface area contributed by atoms with Gasteiger partial charge in [0.15, 0.2) is 11.5 Å². The minimum absolute atomic E-state index is 0.0148. The molecule has 3 aromatic carbocycles. The van der Waals surface area contributed by atoms with E-state index in [1.807, 2.05) is 43.3 Å². The molecule has 3 heterocycles. The normalized spacial score (nSPS) is 19.0. The summed E-state index contributed by atoms with van der Waals surface area (Å²) in [6.45, 7) is 2.47. The molecule has 0 saturated carbocycles. The molecule has 1 aromatic heterocycles. The van der Waals surface area contributed by atoms with Gasteiger partial charge in [0.05, 0.1) is 18.7 Å². The molecule has 4 aromatic rings.